The molecule has 0 aliphatic carbocycles. The number of nitrogens with zero attached hydrogens (tertiary/aromatic N) is 2. The van der Waals surface area contributed by atoms with E-state index in [1.165, 1.54) is 17.5 Å². The summed E-state index contributed by atoms with van der Waals surface area (Å²) < 4.78 is 10.3. The number of rotatable bonds is 5. The smallest absolute Gasteiger partial charge is 0.349 e. The van der Waals surface area contributed by atoms with E-state index in [0.717, 1.165) is 27.6 Å². The molecule has 3 rings (SSSR count). The van der Waals surface area contributed by atoms with Crippen LogP contribution in [0.3, 0.4) is 0 Å². The Morgan fingerprint density at radius 3 is 2.83 bits per heavy atom. The number of ether oxygens (including phenoxy) is 1. The van der Waals surface area contributed by atoms with E-state index >= 15 is 0 Å². The summed E-state index contributed by atoms with van der Waals surface area (Å²) in [6.45, 7) is 3.99. The summed E-state index contributed by atoms with van der Waals surface area (Å²) in [5.74, 6) is 0.382. The van der Waals surface area contributed by atoms with Gasteiger partial charge in [0.2, 0.25) is 0 Å². The van der Waals surface area contributed by atoms with Gasteiger partial charge in [0.15, 0.2) is 0 Å². The van der Waals surface area contributed by atoms with Crippen LogP contribution in [-0.4, -0.2) is 22.7 Å². The number of aromatic nitrogens is 2. The Morgan fingerprint density at radius 1 is 1.29 bits per heavy atom. The van der Waals surface area contributed by atoms with Crippen molar-refractivity contribution in [3.05, 3.63) is 57.7 Å². The third kappa shape index (κ3) is 3.44. The van der Waals surface area contributed by atoms with E-state index in [1.54, 1.807) is 6.92 Å². The molecule has 5 nitrogen and oxygen atoms in total. The molecule has 6 heteroatoms. The van der Waals surface area contributed by atoms with Gasteiger partial charge in [0.1, 0.15) is 21.3 Å². The van der Waals surface area contributed by atoms with Crippen molar-refractivity contribution in [3.63, 3.8) is 0 Å². The highest BCUT2D eigenvalue weighted by Crippen LogP contribution is 2.27. The summed E-state index contributed by atoms with van der Waals surface area (Å²) in [5.41, 5.74) is 2.67. The zero-order valence-corrected chi connectivity index (χ0v) is 14.2. The van der Waals surface area contributed by atoms with Gasteiger partial charge < -0.3 is 9.26 Å². The maximum absolute atomic E-state index is 11.7. The lowest BCUT2D eigenvalue weighted by Gasteiger charge is -1.97. The van der Waals surface area contributed by atoms with Crippen LogP contribution in [0.25, 0.3) is 23.4 Å². The largest absolute Gasteiger partial charge is 0.462 e. The number of hydrogen-bond acceptors (Lipinski definition) is 6. The van der Waals surface area contributed by atoms with Gasteiger partial charge in [-0.2, -0.15) is 0 Å². The molecule has 2 heterocycles. The van der Waals surface area contributed by atoms with Crippen LogP contribution in [0, 0.1) is 6.92 Å². The van der Waals surface area contributed by atoms with Crippen LogP contribution in [0.4, 0.5) is 0 Å². The summed E-state index contributed by atoms with van der Waals surface area (Å²) in [5, 5.41) is 4.86. The van der Waals surface area contributed by atoms with Crippen molar-refractivity contribution in [2.45, 2.75) is 13.8 Å². The Kier molecular flexibility index (Phi) is 4.86. The second-order valence-electron chi connectivity index (χ2n) is 4.98. The van der Waals surface area contributed by atoms with E-state index in [-0.39, 0.29) is 5.97 Å². The highest BCUT2D eigenvalue weighted by Gasteiger charge is 2.13. The van der Waals surface area contributed by atoms with Crippen LogP contribution < -0.4 is 0 Å². The molecule has 1 aromatic carbocycles. The first-order valence-electron chi connectivity index (χ1n) is 7.51. The molecule has 0 aliphatic heterocycles. The van der Waals surface area contributed by atoms with Gasteiger partial charge in [0.25, 0.3) is 0 Å². The maximum Gasteiger partial charge on any atom is 0.349 e. The Bertz CT molecular complexity index is 866. The van der Waals surface area contributed by atoms with E-state index in [1.807, 2.05) is 49.4 Å². The Morgan fingerprint density at radius 2 is 2.08 bits per heavy atom. The van der Waals surface area contributed by atoms with Crippen LogP contribution in [0.15, 0.2) is 41.1 Å². The standard InChI is InChI=1S/C18H16N2O3S/c1-3-22-18(21)15-11-19-16(24-15)10-9-14-12(2)23-20-17(14)13-7-5-4-6-8-13/h4-11H,3H2,1-2H3/b10-9+. The summed E-state index contributed by atoms with van der Waals surface area (Å²) >= 11 is 1.29. The number of thiazole rings is 1. The molecule has 3 aromatic rings. The van der Waals surface area contributed by atoms with Crippen molar-refractivity contribution in [1.29, 1.82) is 0 Å². The Hall–Kier alpha value is -2.73. The second-order valence-corrected chi connectivity index (χ2v) is 6.05. The van der Waals surface area contributed by atoms with Crippen LogP contribution in [0.5, 0.6) is 0 Å². The van der Waals surface area contributed by atoms with E-state index in [0.29, 0.717) is 11.5 Å². The summed E-state index contributed by atoms with van der Waals surface area (Å²) in [4.78, 5) is 16.4. The average Bonchev–Trinajstić information content (AvgIpc) is 3.21. The fraction of sp³-hybridized carbons (Fsp3) is 0.167. The van der Waals surface area contributed by atoms with Crippen molar-refractivity contribution in [2.75, 3.05) is 6.61 Å². The van der Waals surface area contributed by atoms with Gasteiger partial charge in [-0.1, -0.05) is 35.5 Å². The van der Waals surface area contributed by atoms with Crippen LogP contribution in [-0.2, 0) is 4.74 Å². The first-order valence-corrected chi connectivity index (χ1v) is 8.33. The quantitative estimate of drug-likeness (QED) is 0.642. The molecular formula is C18H16N2O3S. The number of carbonyl (C=O) groups excluding carboxylic acids is 1. The third-order valence-electron chi connectivity index (χ3n) is 3.35. The lowest BCUT2D eigenvalue weighted by atomic mass is 10.1. The summed E-state index contributed by atoms with van der Waals surface area (Å²) in [6, 6.07) is 9.84. The lowest BCUT2D eigenvalue weighted by molar-refractivity contribution is 0.0532. The fourth-order valence-corrected chi connectivity index (χ4v) is 2.91. The first kappa shape index (κ1) is 16.1. The molecule has 0 amide bonds. The van der Waals surface area contributed by atoms with Gasteiger partial charge in [0, 0.05) is 11.1 Å². The molecule has 0 saturated carbocycles. The number of benzene rings is 1. The Balaban J connectivity index is 1.85. The number of hydrogen-bond donors (Lipinski definition) is 0. The van der Waals surface area contributed by atoms with Crippen molar-refractivity contribution < 1.29 is 14.1 Å². The minimum absolute atomic E-state index is 0.346. The normalized spacial score (nSPS) is 11.1. The monoisotopic (exact) mass is 340 g/mol. The molecule has 0 aliphatic rings. The van der Waals surface area contributed by atoms with Crippen LogP contribution in [0.2, 0.25) is 0 Å². The van der Waals surface area contributed by atoms with E-state index in [9.17, 15) is 4.79 Å². The molecule has 2 aromatic heterocycles. The zero-order chi connectivity index (χ0) is 16.9. The van der Waals surface area contributed by atoms with Gasteiger partial charge >= 0.3 is 5.97 Å². The Labute approximate surface area is 143 Å². The van der Waals surface area contributed by atoms with Gasteiger partial charge in [-0.05, 0) is 26.0 Å². The molecule has 24 heavy (non-hydrogen) atoms. The minimum atomic E-state index is -0.346. The topological polar surface area (TPSA) is 65.2 Å². The van der Waals surface area contributed by atoms with Crippen molar-refractivity contribution >= 4 is 29.5 Å². The second kappa shape index (κ2) is 7.23. The zero-order valence-electron chi connectivity index (χ0n) is 13.4. The fourth-order valence-electron chi connectivity index (χ4n) is 2.20. The third-order valence-corrected chi connectivity index (χ3v) is 4.29. The molecule has 0 N–H and O–H groups in total. The molecule has 0 atom stereocenters. The highest BCUT2D eigenvalue weighted by atomic mass is 32.1. The molecule has 0 fully saturated rings. The molecule has 0 spiro atoms. The summed E-state index contributed by atoms with van der Waals surface area (Å²) in [6.07, 6.45) is 5.28. The van der Waals surface area contributed by atoms with Crippen LogP contribution >= 0.6 is 11.3 Å². The SMILES string of the molecule is CCOC(=O)c1cnc(/C=C/c2c(-c3ccccc3)noc2C)s1. The number of aryl methyl sites for hydroxylation is 1. The highest BCUT2D eigenvalue weighted by molar-refractivity contribution is 7.14. The molecule has 122 valence electrons. The number of esters is 1. The van der Waals surface area contributed by atoms with Crippen molar-refractivity contribution in [3.8, 4) is 11.3 Å². The van der Waals surface area contributed by atoms with Crippen LogP contribution in [0.1, 0.15) is 32.9 Å². The van der Waals surface area contributed by atoms with Gasteiger partial charge in [-0.15, -0.1) is 11.3 Å². The van der Waals surface area contributed by atoms with E-state index < -0.39 is 0 Å². The van der Waals surface area contributed by atoms with Crippen molar-refractivity contribution in [1.82, 2.24) is 10.1 Å². The number of carbonyl (C=O) groups is 1. The predicted molar refractivity (Wildman–Crippen MR) is 93.7 cm³/mol. The van der Waals surface area contributed by atoms with Crippen molar-refractivity contribution in [2.24, 2.45) is 0 Å². The average molecular weight is 340 g/mol. The predicted octanol–water partition coefficient (Wildman–Crippen LogP) is 4.45. The maximum atomic E-state index is 11.7. The molecular weight excluding hydrogens is 324 g/mol. The molecule has 0 bridgehead atoms. The molecule has 0 saturated heterocycles. The van der Waals surface area contributed by atoms with E-state index in [2.05, 4.69) is 10.1 Å². The van der Waals surface area contributed by atoms with Gasteiger partial charge in [-0.25, -0.2) is 9.78 Å². The van der Waals surface area contributed by atoms with E-state index in [4.69, 9.17) is 9.26 Å². The molecule has 0 unspecified atom stereocenters. The first-order chi connectivity index (χ1) is 11.7. The molecule has 0 radical (unpaired) electrons. The van der Waals surface area contributed by atoms with Gasteiger partial charge in [-0.3, -0.25) is 0 Å². The lowest BCUT2D eigenvalue weighted by Crippen LogP contribution is -2.01. The van der Waals surface area contributed by atoms with Gasteiger partial charge in [0.05, 0.1) is 12.8 Å². The summed E-state index contributed by atoms with van der Waals surface area (Å²) in [7, 11) is 0. The minimum Gasteiger partial charge on any atom is -0.462 e.